The van der Waals surface area contributed by atoms with Gasteiger partial charge in [0.05, 0.1) is 17.2 Å². The van der Waals surface area contributed by atoms with E-state index in [4.69, 9.17) is 0 Å². The predicted molar refractivity (Wildman–Crippen MR) is 78.7 cm³/mol. The molecule has 0 bridgehead atoms. The van der Waals surface area contributed by atoms with E-state index in [1.807, 2.05) is 23.6 Å². The molecule has 4 nitrogen and oxygen atoms in total. The van der Waals surface area contributed by atoms with Crippen LogP contribution in [0.25, 0.3) is 0 Å². The molecule has 3 rings (SSSR count). The zero-order chi connectivity index (χ0) is 13.8. The molecule has 1 fully saturated rings. The van der Waals surface area contributed by atoms with Crippen LogP contribution in [0.3, 0.4) is 0 Å². The Kier molecular flexibility index (Phi) is 4.06. The summed E-state index contributed by atoms with van der Waals surface area (Å²) in [5.41, 5.74) is 1.39. The Morgan fingerprint density at radius 3 is 2.95 bits per heavy atom. The van der Waals surface area contributed by atoms with Gasteiger partial charge in [-0.15, -0.1) is 11.3 Å². The van der Waals surface area contributed by atoms with E-state index in [9.17, 15) is 4.79 Å². The Hall–Kier alpha value is -1.75. The van der Waals surface area contributed by atoms with Gasteiger partial charge in [-0.2, -0.15) is 0 Å². The molecular formula is C15H17N3OS. The van der Waals surface area contributed by atoms with Crippen LogP contribution in [0.5, 0.6) is 0 Å². The molecule has 2 heterocycles. The van der Waals surface area contributed by atoms with Gasteiger partial charge in [-0.1, -0.05) is 18.9 Å². The van der Waals surface area contributed by atoms with Crippen LogP contribution in [-0.4, -0.2) is 15.9 Å². The monoisotopic (exact) mass is 287 g/mol. The summed E-state index contributed by atoms with van der Waals surface area (Å²) in [7, 11) is 0. The zero-order valence-electron chi connectivity index (χ0n) is 11.2. The maximum atomic E-state index is 12.1. The molecule has 1 saturated carbocycles. The lowest BCUT2D eigenvalue weighted by Gasteiger charge is -2.04. The second kappa shape index (κ2) is 6.13. The molecule has 0 spiro atoms. The average Bonchev–Trinajstić information content (AvgIpc) is 3.16. The molecule has 0 saturated heterocycles. The smallest absolute Gasteiger partial charge is 0.271 e. The Balaban J connectivity index is 1.59. The summed E-state index contributed by atoms with van der Waals surface area (Å²) in [5, 5.41) is 5.84. The normalized spacial score (nSPS) is 15.4. The highest BCUT2D eigenvalue weighted by atomic mass is 32.1. The van der Waals surface area contributed by atoms with Crippen molar-refractivity contribution in [2.75, 3.05) is 0 Å². The number of nitrogens with zero attached hydrogens (tertiary/aromatic N) is 2. The third-order valence-electron chi connectivity index (χ3n) is 3.62. The van der Waals surface area contributed by atoms with Crippen LogP contribution < -0.4 is 5.32 Å². The molecule has 0 aromatic carbocycles. The van der Waals surface area contributed by atoms with Gasteiger partial charge in [0, 0.05) is 17.5 Å². The Morgan fingerprint density at radius 1 is 1.35 bits per heavy atom. The van der Waals surface area contributed by atoms with Gasteiger partial charge in [0.25, 0.3) is 5.91 Å². The van der Waals surface area contributed by atoms with Crippen molar-refractivity contribution in [2.45, 2.75) is 38.1 Å². The highest BCUT2D eigenvalue weighted by Gasteiger charge is 2.21. The summed E-state index contributed by atoms with van der Waals surface area (Å²) in [6.45, 7) is 0.440. The number of pyridine rings is 1. The highest BCUT2D eigenvalue weighted by Crippen LogP contribution is 2.35. The number of carbonyl (C=O) groups is 1. The van der Waals surface area contributed by atoms with E-state index in [-0.39, 0.29) is 5.91 Å². The van der Waals surface area contributed by atoms with Crippen molar-refractivity contribution in [3.8, 4) is 0 Å². The first kappa shape index (κ1) is 13.2. The van der Waals surface area contributed by atoms with Gasteiger partial charge in [-0.25, -0.2) is 4.98 Å². The topological polar surface area (TPSA) is 54.9 Å². The largest absolute Gasteiger partial charge is 0.345 e. The fraction of sp³-hybridized carbons (Fsp3) is 0.400. The van der Waals surface area contributed by atoms with E-state index in [0.717, 1.165) is 10.7 Å². The average molecular weight is 287 g/mol. The third kappa shape index (κ3) is 3.04. The molecule has 1 amide bonds. The highest BCUT2D eigenvalue weighted by molar-refractivity contribution is 7.09. The summed E-state index contributed by atoms with van der Waals surface area (Å²) < 4.78 is 0. The summed E-state index contributed by atoms with van der Waals surface area (Å²) in [6.07, 6.45) is 6.71. The van der Waals surface area contributed by atoms with Gasteiger partial charge >= 0.3 is 0 Å². The minimum atomic E-state index is -0.115. The maximum Gasteiger partial charge on any atom is 0.271 e. The molecule has 1 aliphatic rings. The number of thiazole rings is 1. The molecule has 0 unspecified atom stereocenters. The van der Waals surface area contributed by atoms with E-state index in [1.165, 1.54) is 25.7 Å². The first-order chi connectivity index (χ1) is 9.83. The van der Waals surface area contributed by atoms with Gasteiger partial charge in [0.15, 0.2) is 0 Å². The van der Waals surface area contributed by atoms with Crippen LogP contribution in [0.1, 0.15) is 52.8 Å². The maximum absolute atomic E-state index is 12.1. The summed E-state index contributed by atoms with van der Waals surface area (Å²) in [6, 6.07) is 5.67. The molecule has 2 aromatic rings. The van der Waals surface area contributed by atoms with E-state index < -0.39 is 0 Å². The van der Waals surface area contributed by atoms with Crippen LogP contribution >= 0.6 is 11.3 Å². The Bertz CT molecular complexity index is 576. The quantitative estimate of drug-likeness (QED) is 0.940. The first-order valence-corrected chi connectivity index (χ1v) is 7.84. The van der Waals surface area contributed by atoms with Crippen LogP contribution in [0.2, 0.25) is 0 Å². The fourth-order valence-corrected chi connectivity index (χ4v) is 3.49. The van der Waals surface area contributed by atoms with Gasteiger partial charge in [-0.3, -0.25) is 9.78 Å². The number of carbonyl (C=O) groups excluding carboxylic acids is 1. The molecule has 20 heavy (non-hydrogen) atoms. The van der Waals surface area contributed by atoms with Crippen molar-refractivity contribution in [1.29, 1.82) is 0 Å². The lowest BCUT2D eigenvalue weighted by atomic mass is 10.1. The predicted octanol–water partition coefficient (Wildman–Crippen LogP) is 3.13. The minimum Gasteiger partial charge on any atom is -0.345 e. The third-order valence-corrected chi connectivity index (χ3v) is 4.62. The molecule has 104 valence electrons. The number of hydrogen-bond donors (Lipinski definition) is 1. The summed E-state index contributed by atoms with van der Waals surface area (Å²) >= 11 is 1.61. The standard InChI is InChI=1S/C15H17N3OS/c19-14(17-9-12-7-3-4-8-16-12)13-10-20-15(18-13)11-5-1-2-6-11/h3-4,7-8,10-11H,1-2,5-6,9H2,(H,17,19). The SMILES string of the molecule is O=C(NCc1ccccn1)c1csc(C2CCCC2)n1. The Morgan fingerprint density at radius 2 is 2.20 bits per heavy atom. The van der Waals surface area contributed by atoms with Crippen molar-refractivity contribution in [3.63, 3.8) is 0 Å². The van der Waals surface area contributed by atoms with Crippen LogP contribution in [0, 0.1) is 0 Å². The molecule has 0 radical (unpaired) electrons. The lowest BCUT2D eigenvalue weighted by Crippen LogP contribution is -2.23. The minimum absolute atomic E-state index is 0.115. The molecular weight excluding hydrogens is 270 g/mol. The van der Waals surface area contributed by atoms with E-state index in [2.05, 4.69) is 15.3 Å². The summed E-state index contributed by atoms with van der Waals surface area (Å²) in [4.78, 5) is 20.7. The Labute approximate surface area is 122 Å². The number of amides is 1. The van der Waals surface area contributed by atoms with Crippen molar-refractivity contribution >= 4 is 17.2 Å². The van der Waals surface area contributed by atoms with Crippen LogP contribution in [0.15, 0.2) is 29.8 Å². The molecule has 0 aliphatic heterocycles. The molecule has 1 N–H and O–H groups in total. The second-order valence-corrected chi connectivity index (χ2v) is 5.95. The van der Waals surface area contributed by atoms with Crippen molar-refractivity contribution < 1.29 is 4.79 Å². The van der Waals surface area contributed by atoms with E-state index in [0.29, 0.717) is 18.2 Å². The molecule has 1 aliphatic carbocycles. The van der Waals surface area contributed by atoms with E-state index >= 15 is 0 Å². The number of aromatic nitrogens is 2. The second-order valence-electron chi connectivity index (χ2n) is 5.06. The summed E-state index contributed by atoms with van der Waals surface area (Å²) in [5.74, 6) is 0.452. The molecule has 0 atom stereocenters. The van der Waals surface area contributed by atoms with Crippen LogP contribution in [-0.2, 0) is 6.54 Å². The first-order valence-electron chi connectivity index (χ1n) is 6.96. The van der Waals surface area contributed by atoms with Gasteiger partial charge in [0.2, 0.25) is 0 Å². The van der Waals surface area contributed by atoms with Gasteiger partial charge in [-0.05, 0) is 25.0 Å². The zero-order valence-corrected chi connectivity index (χ0v) is 12.0. The van der Waals surface area contributed by atoms with Crippen molar-refractivity contribution in [3.05, 3.63) is 46.2 Å². The number of hydrogen-bond acceptors (Lipinski definition) is 4. The molecule has 5 heteroatoms. The lowest BCUT2D eigenvalue weighted by molar-refractivity contribution is 0.0946. The van der Waals surface area contributed by atoms with Crippen LogP contribution in [0.4, 0.5) is 0 Å². The van der Waals surface area contributed by atoms with E-state index in [1.54, 1.807) is 17.5 Å². The number of nitrogens with one attached hydrogen (secondary N) is 1. The number of rotatable bonds is 4. The fourth-order valence-electron chi connectivity index (χ4n) is 2.52. The molecule has 2 aromatic heterocycles. The van der Waals surface area contributed by atoms with Gasteiger partial charge < -0.3 is 5.32 Å². The van der Waals surface area contributed by atoms with Gasteiger partial charge in [0.1, 0.15) is 5.69 Å². The van der Waals surface area contributed by atoms with Crippen molar-refractivity contribution in [2.24, 2.45) is 0 Å². The van der Waals surface area contributed by atoms with Crippen molar-refractivity contribution in [1.82, 2.24) is 15.3 Å².